The number of morpholine rings is 1. The van der Waals surface area contributed by atoms with E-state index in [1.54, 1.807) is 0 Å². The molecule has 0 N–H and O–H groups in total. The molecule has 0 unspecified atom stereocenters. The fourth-order valence-corrected chi connectivity index (χ4v) is 5.24. The quantitative estimate of drug-likeness (QED) is 0.580. The van der Waals surface area contributed by atoms with Gasteiger partial charge in [0.2, 0.25) is 0 Å². The number of aromatic nitrogens is 1. The highest BCUT2D eigenvalue weighted by Crippen LogP contribution is 2.41. The zero-order valence-electron chi connectivity index (χ0n) is 15.4. The lowest BCUT2D eigenvalue weighted by molar-refractivity contribution is 0.0982. The number of carbonyl (C=O) groups excluding carboxylic acids is 1. The zero-order chi connectivity index (χ0) is 19.5. The normalized spacial score (nSPS) is 15.2. The van der Waals surface area contributed by atoms with Crippen LogP contribution in [0.1, 0.15) is 26.3 Å². The molecule has 3 heterocycles. The molecule has 142 valence electrons. The number of anilines is 1. The number of ether oxygens (including phenoxy) is 1. The first-order valence-corrected chi connectivity index (χ1v) is 10.7. The highest BCUT2D eigenvalue weighted by Gasteiger charge is 2.29. The van der Waals surface area contributed by atoms with Crippen LogP contribution < -0.4 is 4.90 Å². The van der Waals surface area contributed by atoms with Crippen molar-refractivity contribution < 1.29 is 9.53 Å². The molecule has 0 saturated carbocycles. The van der Waals surface area contributed by atoms with Crippen LogP contribution in [0.25, 0.3) is 11.1 Å². The van der Waals surface area contributed by atoms with Crippen molar-refractivity contribution >= 4 is 33.5 Å². The molecule has 1 aromatic carbocycles. The Morgan fingerprint density at radius 2 is 2.04 bits per heavy atom. The number of thiazole rings is 1. The second kappa shape index (κ2) is 8.23. The summed E-state index contributed by atoms with van der Waals surface area (Å²) in [7, 11) is 0. The minimum Gasteiger partial charge on any atom is -0.378 e. The Labute approximate surface area is 171 Å². The van der Waals surface area contributed by atoms with E-state index in [-0.39, 0.29) is 5.78 Å². The van der Waals surface area contributed by atoms with Crippen LogP contribution >= 0.6 is 22.7 Å². The van der Waals surface area contributed by atoms with Crippen molar-refractivity contribution in [3.05, 3.63) is 57.4 Å². The Kier molecular flexibility index (Phi) is 5.53. The molecule has 1 aliphatic heterocycles. The lowest BCUT2D eigenvalue weighted by Crippen LogP contribution is -2.35. The monoisotopic (exact) mass is 409 g/mol. The number of carbonyl (C=O) groups is 1. The number of Topliss-reactive ketones (excluding diaryl/α,β-unsaturated/α-hetero) is 1. The van der Waals surface area contributed by atoms with Gasteiger partial charge in [0.1, 0.15) is 5.01 Å². The molecule has 1 fully saturated rings. The summed E-state index contributed by atoms with van der Waals surface area (Å²) in [5.74, 6) is -1.04. The Hall–Kier alpha value is -2.53. The van der Waals surface area contributed by atoms with Crippen molar-refractivity contribution in [3.8, 4) is 17.2 Å². The highest BCUT2D eigenvalue weighted by atomic mass is 32.1. The first-order chi connectivity index (χ1) is 13.7. The number of rotatable bonds is 5. The number of nitrogens with zero attached hydrogens (tertiary/aromatic N) is 3. The largest absolute Gasteiger partial charge is 0.378 e. The van der Waals surface area contributed by atoms with Gasteiger partial charge in [0.15, 0.2) is 11.7 Å². The lowest BCUT2D eigenvalue weighted by Gasteiger charge is -2.28. The maximum Gasteiger partial charge on any atom is 0.196 e. The lowest BCUT2D eigenvalue weighted by atomic mass is 10.0. The van der Waals surface area contributed by atoms with E-state index in [1.807, 2.05) is 48.7 Å². The molecule has 1 saturated heterocycles. The third kappa shape index (κ3) is 3.72. The maximum absolute atomic E-state index is 13.2. The summed E-state index contributed by atoms with van der Waals surface area (Å²) in [6.07, 6.45) is 0. The number of ketones is 1. The Balaban J connectivity index is 1.74. The molecular weight excluding hydrogens is 390 g/mol. The van der Waals surface area contributed by atoms with Gasteiger partial charge in [0, 0.05) is 29.7 Å². The minimum absolute atomic E-state index is 0.182. The Bertz CT molecular complexity index is 1010. The molecule has 0 aliphatic carbocycles. The summed E-state index contributed by atoms with van der Waals surface area (Å²) >= 11 is 2.82. The van der Waals surface area contributed by atoms with Crippen LogP contribution in [0.5, 0.6) is 0 Å². The van der Waals surface area contributed by atoms with Gasteiger partial charge in [-0.3, -0.25) is 4.79 Å². The molecule has 0 amide bonds. The number of nitriles is 1. The molecule has 0 bridgehead atoms. The molecule has 7 heteroatoms. The number of thiophene rings is 1. The Morgan fingerprint density at radius 1 is 1.29 bits per heavy atom. The van der Waals surface area contributed by atoms with E-state index in [4.69, 9.17) is 4.74 Å². The van der Waals surface area contributed by atoms with Crippen molar-refractivity contribution in [1.82, 2.24) is 4.98 Å². The molecule has 0 radical (unpaired) electrons. The van der Waals surface area contributed by atoms with Crippen LogP contribution in [-0.4, -0.2) is 37.1 Å². The van der Waals surface area contributed by atoms with Gasteiger partial charge in [-0.2, -0.15) is 5.26 Å². The van der Waals surface area contributed by atoms with Gasteiger partial charge in [0.05, 0.1) is 29.2 Å². The highest BCUT2D eigenvalue weighted by molar-refractivity contribution is 7.18. The van der Waals surface area contributed by atoms with Crippen LogP contribution in [0.2, 0.25) is 0 Å². The van der Waals surface area contributed by atoms with E-state index in [0.717, 1.165) is 34.9 Å². The summed E-state index contributed by atoms with van der Waals surface area (Å²) in [4.78, 5) is 20.4. The number of aryl methyl sites for hydroxylation is 1. The second-order valence-corrected chi connectivity index (χ2v) is 8.47. The Morgan fingerprint density at radius 3 is 2.68 bits per heavy atom. The van der Waals surface area contributed by atoms with Crippen molar-refractivity contribution in [2.45, 2.75) is 12.8 Å². The van der Waals surface area contributed by atoms with E-state index in [0.29, 0.717) is 23.1 Å². The fourth-order valence-electron chi connectivity index (χ4n) is 3.20. The number of benzene rings is 1. The van der Waals surface area contributed by atoms with Crippen molar-refractivity contribution in [3.63, 3.8) is 0 Å². The van der Waals surface area contributed by atoms with Gasteiger partial charge < -0.3 is 9.64 Å². The van der Waals surface area contributed by atoms with Crippen LogP contribution in [-0.2, 0) is 4.74 Å². The van der Waals surface area contributed by atoms with Gasteiger partial charge in [-0.25, -0.2) is 4.98 Å². The van der Waals surface area contributed by atoms with Crippen LogP contribution in [0.15, 0.2) is 41.8 Å². The summed E-state index contributed by atoms with van der Waals surface area (Å²) in [6.45, 7) is 4.81. The molecule has 5 nitrogen and oxygen atoms in total. The van der Waals surface area contributed by atoms with Crippen LogP contribution in [0.3, 0.4) is 0 Å². The first kappa shape index (κ1) is 18.8. The fraction of sp³-hybridized carbons (Fsp3) is 0.286. The van der Waals surface area contributed by atoms with Crippen LogP contribution in [0, 0.1) is 18.3 Å². The first-order valence-electron chi connectivity index (χ1n) is 9.05. The van der Waals surface area contributed by atoms with E-state index in [9.17, 15) is 10.1 Å². The SMILES string of the molecule is Cc1csc([C@H](C#N)C(=O)c2cc(-c3ccccc3)c(N3CCOCC3)s2)n1. The molecule has 1 atom stereocenters. The van der Waals surface area contributed by atoms with Gasteiger partial charge in [-0.05, 0) is 18.6 Å². The number of hydrogen-bond acceptors (Lipinski definition) is 7. The standard InChI is InChI=1S/C21H19N3O2S2/c1-14-13-27-20(23-14)17(12-22)19(25)18-11-16(15-5-3-2-4-6-15)21(28-18)24-7-9-26-10-8-24/h2-6,11,13,17H,7-10H2,1H3/t17-/m1/s1. The van der Waals surface area contributed by atoms with Crippen molar-refractivity contribution in [2.24, 2.45) is 0 Å². The smallest absolute Gasteiger partial charge is 0.196 e. The van der Waals surface area contributed by atoms with E-state index in [2.05, 4.69) is 16.0 Å². The minimum atomic E-state index is -0.862. The van der Waals surface area contributed by atoms with Gasteiger partial charge in [-0.15, -0.1) is 22.7 Å². The third-order valence-electron chi connectivity index (χ3n) is 4.61. The van der Waals surface area contributed by atoms with E-state index < -0.39 is 5.92 Å². The molecule has 28 heavy (non-hydrogen) atoms. The summed E-state index contributed by atoms with van der Waals surface area (Å²) in [5, 5.41) is 13.1. The summed E-state index contributed by atoms with van der Waals surface area (Å²) in [6, 6.07) is 14.1. The average molecular weight is 410 g/mol. The van der Waals surface area contributed by atoms with Gasteiger partial charge >= 0.3 is 0 Å². The van der Waals surface area contributed by atoms with Crippen molar-refractivity contribution in [2.75, 3.05) is 31.2 Å². The summed E-state index contributed by atoms with van der Waals surface area (Å²) < 4.78 is 5.48. The maximum atomic E-state index is 13.2. The van der Waals surface area contributed by atoms with Crippen LogP contribution in [0.4, 0.5) is 5.00 Å². The molecule has 3 aromatic rings. The zero-order valence-corrected chi connectivity index (χ0v) is 17.1. The predicted octanol–water partition coefficient (Wildman–Crippen LogP) is 4.51. The molecule has 2 aromatic heterocycles. The van der Waals surface area contributed by atoms with E-state index in [1.165, 1.54) is 22.7 Å². The van der Waals surface area contributed by atoms with Crippen molar-refractivity contribution in [1.29, 1.82) is 5.26 Å². The predicted molar refractivity (Wildman–Crippen MR) is 112 cm³/mol. The average Bonchev–Trinajstić information content (AvgIpc) is 3.37. The third-order valence-corrected chi connectivity index (χ3v) is 6.85. The molecular formula is C21H19N3O2S2. The second-order valence-electron chi connectivity index (χ2n) is 6.55. The van der Waals surface area contributed by atoms with Gasteiger partial charge in [0.25, 0.3) is 0 Å². The number of hydrogen-bond donors (Lipinski definition) is 0. The van der Waals surface area contributed by atoms with E-state index >= 15 is 0 Å². The molecule has 4 rings (SSSR count). The summed E-state index contributed by atoms with van der Waals surface area (Å²) in [5.41, 5.74) is 2.93. The molecule has 1 aliphatic rings. The van der Waals surface area contributed by atoms with Gasteiger partial charge in [-0.1, -0.05) is 30.3 Å². The molecule has 0 spiro atoms. The topological polar surface area (TPSA) is 66.2 Å².